The van der Waals surface area contributed by atoms with E-state index in [0.717, 1.165) is 6.07 Å². The molecule has 0 radical (unpaired) electrons. The van der Waals surface area contributed by atoms with Crippen molar-refractivity contribution in [3.8, 4) is 11.6 Å². The third-order valence-corrected chi connectivity index (χ3v) is 4.81. The van der Waals surface area contributed by atoms with Gasteiger partial charge in [0.25, 0.3) is 0 Å². The minimum Gasteiger partial charge on any atom is -0.481 e. The van der Waals surface area contributed by atoms with E-state index in [0.29, 0.717) is 10.8 Å². The van der Waals surface area contributed by atoms with Crippen LogP contribution < -0.4 is 14.8 Å². The largest absolute Gasteiger partial charge is 0.573 e. The van der Waals surface area contributed by atoms with E-state index in [-0.39, 0.29) is 22.0 Å². The van der Waals surface area contributed by atoms with E-state index in [1.54, 1.807) is 0 Å². The maximum absolute atomic E-state index is 12.5. The topological polar surface area (TPSA) is 94.6 Å². The Morgan fingerprint density at radius 2 is 1.87 bits per heavy atom. The van der Waals surface area contributed by atoms with E-state index < -0.39 is 35.1 Å². The second-order valence-corrected chi connectivity index (χ2v) is 7.04. The quantitative estimate of drug-likeness (QED) is 0.572. The summed E-state index contributed by atoms with van der Waals surface area (Å²) in [5, 5.41) is 3.21. The third kappa shape index (κ3) is 4.98. The summed E-state index contributed by atoms with van der Waals surface area (Å²) in [5.41, 5.74) is 0.143. The molecule has 0 aliphatic heterocycles. The lowest BCUT2D eigenvalue weighted by Crippen LogP contribution is -2.20. The van der Waals surface area contributed by atoms with Crippen LogP contribution in [0.15, 0.2) is 53.6 Å². The zero-order valence-electron chi connectivity index (χ0n) is 15.4. The van der Waals surface area contributed by atoms with Crippen LogP contribution in [0.5, 0.6) is 11.6 Å². The number of halogens is 3. The van der Waals surface area contributed by atoms with Crippen molar-refractivity contribution in [3.63, 3.8) is 0 Å². The Balaban J connectivity index is 1.91. The van der Waals surface area contributed by atoms with Crippen molar-refractivity contribution < 1.29 is 35.9 Å². The zero-order chi connectivity index (χ0) is 21.9. The van der Waals surface area contributed by atoms with Crippen molar-refractivity contribution >= 4 is 33.1 Å². The molecule has 0 bridgehead atoms. The molecule has 11 heteroatoms. The van der Waals surface area contributed by atoms with Crippen LogP contribution in [0.2, 0.25) is 0 Å². The maximum atomic E-state index is 12.5. The lowest BCUT2D eigenvalue weighted by molar-refractivity contribution is -0.274. The molecule has 3 rings (SSSR count). The number of amides is 1. The molecular weight excluding hydrogens is 425 g/mol. The second-order valence-electron chi connectivity index (χ2n) is 6.05. The van der Waals surface area contributed by atoms with Gasteiger partial charge in [-0.3, -0.25) is 4.79 Å². The minimum atomic E-state index is -4.90. The van der Waals surface area contributed by atoms with Crippen LogP contribution in [0.1, 0.15) is 5.56 Å². The standard InChI is InChI=1S/C19H15F3N2O5S/c1-28-18-14-9-12(10-16(30(26)27)13(14)6-7-23-18)24-17(25)8-11-4-2-3-5-15(11)29-19(20,21)22/h2-7,9-10,30H,8H2,1H3,(H,24,25). The molecule has 30 heavy (non-hydrogen) atoms. The molecule has 2 aromatic carbocycles. The SMILES string of the molecule is COc1nccc2c([SH](=O)=O)cc(NC(=O)Cc3ccccc3OC(F)(F)F)cc12. The summed E-state index contributed by atoms with van der Waals surface area (Å²) in [5.74, 6) is -0.999. The lowest BCUT2D eigenvalue weighted by atomic mass is 10.1. The summed E-state index contributed by atoms with van der Waals surface area (Å²) in [4.78, 5) is 16.4. The zero-order valence-corrected chi connectivity index (χ0v) is 16.3. The number of anilines is 1. The molecule has 1 N–H and O–H groups in total. The number of rotatable bonds is 6. The molecule has 0 spiro atoms. The van der Waals surface area contributed by atoms with Crippen LogP contribution in [-0.2, 0) is 21.9 Å². The first-order chi connectivity index (χ1) is 14.2. The number of aromatic nitrogens is 1. The Hall–Kier alpha value is -3.34. The van der Waals surface area contributed by atoms with Gasteiger partial charge in [-0.1, -0.05) is 18.2 Å². The van der Waals surface area contributed by atoms with Gasteiger partial charge in [0.2, 0.25) is 11.8 Å². The summed E-state index contributed by atoms with van der Waals surface area (Å²) < 4.78 is 70.0. The first-order valence-electron chi connectivity index (χ1n) is 8.42. The average Bonchev–Trinajstić information content (AvgIpc) is 2.67. The number of hydrogen-bond donors (Lipinski definition) is 2. The molecule has 7 nitrogen and oxygen atoms in total. The van der Waals surface area contributed by atoms with Crippen molar-refractivity contribution in [1.82, 2.24) is 4.98 Å². The van der Waals surface area contributed by atoms with Crippen molar-refractivity contribution in [3.05, 3.63) is 54.2 Å². The van der Waals surface area contributed by atoms with Gasteiger partial charge in [0, 0.05) is 28.2 Å². The van der Waals surface area contributed by atoms with Gasteiger partial charge >= 0.3 is 6.36 Å². The van der Waals surface area contributed by atoms with Gasteiger partial charge in [-0.25, -0.2) is 13.4 Å². The van der Waals surface area contributed by atoms with E-state index >= 15 is 0 Å². The highest BCUT2D eigenvalue weighted by Crippen LogP contribution is 2.31. The Morgan fingerprint density at radius 1 is 1.13 bits per heavy atom. The smallest absolute Gasteiger partial charge is 0.481 e. The van der Waals surface area contributed by atoms with Gasteiger partial charge in [-0.05, 0) is 24.3 Å². The maximum Gasteiger partial charge on any atom is 0.573 e. The van der Waals surface area contributed by atoms with E-state index in [4.69, 9.17) is 4.74 Å². The van der Waals surface area contributed by atoms with Crippen LogP contribution in [0.4, 0.5) is 18.9 Å². The molecule has 0 fully saturated rings. The normalized spacial score (nSPS) is 11.5. The second kappa shape index (κ2) is 8.57. The Kier molecular flexibility index (Phi) is 6.11. The third-order valence-electron chi connectivity index (χ3n) is 4.04. The van der Waals surface area contributed by atoms with Crippen LogP contribution in [0, 0.1) is 0 Å². The van der Waals surface area contributed by atoms with E-state index in [2.05, 4.69) is 15.0 Å². The molecule has 0 saturated carbocycles. The Labute approximate surface area is 170 Å². The molecule has 1 amide bonds. The van der Waals surface area contributed by atoms with Gasteiger partial charge in [-0.15, -0.1) is 13.2 Å². The van der Waals surface area contributed by atoms with Crippen LogP contribution in [-0.4, -0.2) is 32.8 Å². The fourth-order valence-corrected chi connectivity index (χ4v) is 3.51. The lowest BCUT2D eigenvalue weighted by Gasteiger charge is -2.14. The monoisotopic (exact) mass is 440 g/mol. The van der Waals surface area contributed by atoms with Crippen molar-refractivity contribution in [2.45, 2.75) is 17.7 Å². The fourth-order valence-electron chi connectivity index (χ4n) is 2.88. The number of carbonyl (C=O) groups excluding carboxylic acids is 1. The number of pyridine rings is 1. The number of ether oxygens (including phenoxy) is 2. The number of thiol groups is 1. The fraction of sp³-hybridized carbons (Fsp3) is 0.158. The number of methoxy groups -OCH3 is 1. The molecule has 158 valence electrons. The summed E-state index contributed by atoms with van der Waals surface area (Å²) in [7, 11) is -1.64. The van der Waals surface area contributed by atoms with Crippen LogP contribution in [0.25, 0.3) is 10.8 Å². The molecule has 0 aliphatic carbocycles. The van der Waals surface area contributed by atoms with Crippen molar-refractivity contribution in [2.24, 2.45) is 0 Å². The highest BCUT2D eigenvalue weighted by molar-refractivity contribution is 7.72. The number of nitrogens with one attached hydrogen (secondary N) is 1. The number of hydrogen-bond acceptors (Lipinski definition) is 6. The molecule has 1 aromatic heterocycles. The molecule has 0 atom stereocenters. The van der Waals surface area contributed by atoms with Crippen LogP contribution >= 0.6 is 0 Å². The molecular formula is C19H15F3N2O5S. The minimum absolute atomic E-state index is 0.0162. The van der Waals surface area contributed by atoms with Crippen molar-refractivity contribution in [1.29, 1.82) is 0 Å². The van der Waals surface area contributed by atoms with E-state index in [1.807, 2.05) is 0 Å². The van der Waals surface area contributed by atoms with Crippen molar-refractivity contribution in [2.75, 3.05) is 12.4 Å². The molecule has 1 heterocycles. The number of para-hydroxylation sites is 1. The average molecular weight is 440 g/mol. The number of fused-ring (bicyclic) bond motifs is 1. The number of alkyl halides is 3. The molecule has 0 unspecified atom stereocenters. The van der Waals surface area contributed by atoms with Gasteiger partial charge in [0.1, 0.15) is 5.75 Å². The first-order valence-corrected chi connectivity index (χ1v) is 9.60. The summed E-state index contributed by atoms with van der Waals surface area (Å²) in [6, 6.07) is 9.47. The van der Waals surface area contributed by atoms with Gasteiger partial charge in [0.05, 0.1) is 18.4 Å². The van der Waals surface area contributed by atoms with Gasteiger partial charge in [0.15, 0.2) is 10.7 Å². The summed E-state index contributed by atoms with van der Waals surface area (Å²) in [6.07, 6.45) is -3.94. The first kappa shape index (κ1) is 21.4. The van der Waals surface area contributed by atoms with Gasteiger partial charge in [-0.2, -0.15) is 0 Å². The number of benzene rings is 2. The van der Waals surface area contributed by atoms with Gasteiger partial charge < -0.3 is 14.8 Å². The highest BCUT2D eigenvalue weighted by Gasteiger charge is 2.32. The van der Waals surface area contributed by atoms with E-state index in [1.165, 1.54) is 49.7 Å². The van der Waals surface area contributed by atoms with E-state index in [9.17, 15) is 26.4 Å². The number of carbonyl (C=O) groups is 1. The summed E-state index contributed by atoms with van der Waals surface area (Å²) in [6.45, 7) is 0. The Bertz CT molecular complexity index is 1170. The highest BCUT2D eigenvalue weighted by atomic mass is 32.2. The Morgan fingerprint density at radius 3 is 2.53 bits per heavy atom. The predicted octanol–water partition coefficient (Wildman–Crippen LogP) is 3.29. The predicted molar refractivity (Wildman–Crippen MR) is 102 cm³/mol. The molecule has 3 aromatic rings. The number of nitrogens with zero attached hydrogens (tertiary/aromatic N) is 1. The molecule has 0 saturated heterocycles. The van der Waals surface area contributed by atoms with Crippen LogP contribution in [0.3, 0.4) is 0 Å². The summed E-state index contributed by atoms with van der Waals surface area (Å²) >= 11 is 0. The molecule has 0 aliphatic rings.